The summed E-state index contributed by atoms with van der Waals surface area (Å²) < 4.78 is 28.4. The molecule has 6 nitrogen and oxygen atoms in total. The molecule has 0 aliphatic carbocycles. The summed E-state index contributed by atoms with van der Waals surface area (Å²) in [6.45, 7) is 7.47. The summed E-state index contributed by atoms with van der Waals surface area (Å²) in [7, 11) is -3.79. The Morgan fingerprint density at radius 2 is 1.80 bits per heavy atom. The van der Waals surface area contributed by atoms with Gasteiger partial charge in [-0.3, -0.25) is 9.52 Å². The lowest BCUT2D eigenvalue weighted by Crippen LogP contribution is -2.33. The van der Waals surface area contributed by atoms with Crippen LogP contribution in [0, 0.1) is 13.8 Å². The van der Waals surface area contributed by atoms with Gasteiger partial charge < -0.3 is 10.2 Å². The van der Waals surface area contributed by atoms with E-state index >= 15 is 0 Å². The Hall–Kier alpha value is -2.38. The number of anilines is 1. The number of benzene rings is 2. The number of rotatable bonds is 8. The van der Waals surface area contributed by atoms with E-state index in [2.05, 4.69) is 14.9 Å². The minimum absolute atomic E-state index is 0.116. The summed E-state index contributed by atoms with van der Waals surface area (Å²) in [6.07, 6.45) is 4.70. The van der Waals surface area contributed by atoms with Gasteiger partial charge >= 0.3 is 0 Å². The predicted octanol–water partition coefficient (Wildman–Crippen LogP) is 3.71. The molecule has 1 heterocycles. The molecule has 1 aliphatic rings. The Bertz CT molecular complexity index is 983. The van der Waals surface area contributed by atoms with Crippen molar-refractivity contribution in [2.24, 2.45) is 0 Å². The number of aryl methyl sites for hydroxylation is 2. The number of likely N-dealkylation sites (tertiary alicyclic amines) is 1. The van der Waals surface area contributed by atoms with Crippen molar-refractivity contribution in [1.82, 2.24) is 10.2 Å². The van der Waals surface area contributed by atoms with Crippen molar-refractivity contribution < 1.29 is 13.2 Å². The number of piperidine rings is 1. The molecule has 0 unspecified atom stereocenters. The Morgan fingerprint density at radius 3 is 2.53 bits per heavy atom. The van der Waals surface area contributed by atoms with Gasteiger partial charge in [0.25, 0.3) is 15.9 Å². The number of amides is 1. The SMILES string of the molecule is Cc1cccc(NS(=O)(=O)c2cc(C(=O)NCCCN3CCCCC3)ccc2C)c1. The van der Waals surface area contributed by atoms with E-state index in [0.717, 1.165) is 31.6 Å². The average molecular weight is 430 g/mol. The van der Waals surface area contributed by atoms with Gasteiger partial charge in [-0.1, -0.05) is 24.6 Å². The minimum atomic E-state index is -3.79. The van der Waals surface area contributed by atoms with Gasteiger partial charge in [0.2, 0.25) is 0 Å². The molecule has 0 spiro atoms. The van der Waals surface area contributed by atoms with Crippen LogP contribution in [0.5, 0.6) is 0 Å². The van der Waals surface area contributed by atoms with Crippen LogP contribution in [0.25, 0.3) is 0 Å². The van der Waals surface area contributed by atoms with Gasteiger partial charge in [0, 0.05) is 17.8 Å². The summed E-state index contributed by atoms with van der Waals surface area (Å²) >= 11 is 0. The summed E-state index contributed by atoms with van der Waals surface area (Å²) in [6, 6.07) is 12.0. The molecular formula is C23H31N3O3S. The average Bonchev–Trinajstić information content (AvgIpc) is 2.71. The Kier molecular flexibility index (Phi) is 7.50. The Morgan fingerprint density at radius 1 is 1.03 bits per heavy atom. The maximum atomic E-state index is 12.9. The van der Waals surface area contributed by atoms with Crippen molar-refractivity contribution in [1.29, 1.82) is 0 Å². The minimum Gasteiger partial charge on any atom is -0.352 e. The van der Waals surface area contributed by atoms with Crippen LogP contribution in [0.15, 0.2) is 47.4 Å². The van der Waals surface area contributed by atoms with Crippen LogP contribution < -0.4 is 10.0 Å². The van der Waals surface area contributed by atoms with Crippen LogP contribution in [0.3, 0.4) is 0 Å². The quantitative estimate of drug-likeness (QED) is 0.627. The van der Waals surface area contributed by atoms with E-state index in [1.54, 1.807) is 37.3 Å². The molecule has 0 radical (unpaired) electrons. The number of hydrogen-bond acceptors (Lipinski definition) is 4. The third kappa shape index (κ3) is 6.06. The summed E-state index contributed by atoms with van der Waals surface area (Å²) in [5.41, 5.74) is 2.41. The van der Waals surface area contributed by atoms with Crippen LogP contribution in [0.1, 0.15) is 47.2 Å². The van der Waals surface area contributed by atoms with Gasteiger partial charge in [0.15, 0.2) is 0 Å². The zero-order chi connectivity index (χ0) is 21.6. The maximum absolute atomic E-state index is 12.9. The summed E-state index contributed by atoms with van der Waals surface area (Å²) in [5.74, 6) is -0.249. The fraction of sp³-hybridized carbons (Fsp3) is 0.435. The normalized spacial score (nSPS) is 15.0. The van der Waals surface area contributed by atoms with Gasteiger partial charge in [-0.25, -0.2) is 8.42 Å². The molecule has 7 heteroatoms. The largest absolute Gasteiger partial charge is 0.352 e. The fourth-order valence-electron chi connectivity index (χ4n) is 3.74. The van der Waals surface area contributed by atoms with Crippen LogP contribution in [0.2, 0.25) is 0 Å². The second-order valence-electron chi connectivity index (χ2n) is 7.97. The fourth-order valence-corrected chi connectivity index (χ4v) is 5.06. The van der Waals surface area contributed by atoms with Crippen LogP contribution in [0.4, 0.5) is 5.69 Å². The second-order valence-corrected chi connectivity index (χ2v) is 9.62. The van der Waals surface area contributed by atoms with Crippen LogP contribution >= 0.6 is 0 Å². The monoisotopic (exact) mass is 429 g/mol. The predicted molar refractivity (Wildman–Crippen MR) is 120 cm³/mol. The number of hydrogen-bond donors (Lipinski definition) is 2. The number of carbonyl (C=O) groups is 1. The zero-order valence-electron chi connectivity index (χ0n) is 17.8. The number of nitrogens with zero attached hydrogens (tertiary/aromatic N) is 1. The lowest BCUT2D eigenvalue weighted by Gasteiger charge is -2.26. The van der Waals surface area contributed by atoms with Crippen LogP contribution in [-0.2, 0) is 10.0 Å². The van der Waals surface area contributed by atoms with E-state index in [0.29, 0.717) is 23.4 Å². The summed E-state index contributed by atoms with van der Waals surface area (Å²) in [4.78, 5) is 15.1. The third-order valence-electron chi connectivity index (χ3n) is 5.40. The molecule has 1 amide bonds. The lowest BCUT2D eigenvalue weighted by atomic mass is 10.1. The first-order valence-corrected chi connectivity index (χ1v) is 12.0. The van der Waals surface area contributed by atoms with E-state index in [-0.39, 0.29) is 10.8 Å². The first-order valence-electron chi connectivity index (χ1n) is 10.6. The smallest absolute Gasteiger partial charge is 0.262 e. The van der Waals surface area contributed by atoms with Crippen molar-refractivity contribution in [3.05, 3.63) is 59.2 Å². The topological polar surface area (TPSA) is 78.5 Å². The molecule has 2 aromatic rings. The molecule has 2 aromatic carbocycles. The highest BCUT2D eigenvalue weighted by atomic mass is 32.2. The van der Waals surface area contributed by atoms with Gasteiger partial charge in [0.05, 0.1) is 4.90 Å². The van der Waals surface area contributed by atoms with Crippen molar-refractivity contribution in [2.75, 3.05) is 30.9 Å². The number of carbonyl (C=O) groups excluding carboxylic acids is 1. The highest BCUT2D eigenvalue weighted by Gasteiger charge is 2.19. The molecular weight excluding hydrogens is 398 g/mol. The lowest BCUT2D eigenvalue weighted by molar-refractivity contribution is 0.0951. The molecule has 1 fully saturated rings. The van der Waals surface area contributed by atoms with E-state index in [1.165, 1.54) is 25.3 Å². The van der Waals surface area contributed by atoms with Gasteiger partial charge in [-0.05, 0) is 88.1 Å². The van der Waals surface area contributed by atoms with E-state index < -0.39 is 10.0 Å². The number of sulfonamides is 1. The van der Waals surface area contributed by atoms with Crippen molar-refractivity contribution >= 4 is 21.6 Å². The van der Waals surface area contributed by atoms with Crippen molar-refractivity contribution in [3.63, 3.8) is 0 Å². The maximum Gasteiger partial charge on any atom is 0.262 e. The van der Waals surface area contributed by atoms with Crippen LogP contribution in [-0.4, -0.2) is 45.4 Å². The van der Waals surface area contributed by atoms with E-state index in [1.807, 2.05) is 13.0 Å². The van der Waals surface area contributed by atoms with E-state index in [9.17, 15) is 13.2 Å². The summed E-state index contributed by atoms with van der Waals surface area (Å²) in [5, 5.41) is 2.91. The Labute approximate surface area is 179 Å². The molecule has 0 atom stereocenters. The Balaban J connectivity index is 1.62. The number of nitrogens with one attached hydrogen (secondary N) is 2. The van der Waals surface area contributed by atoms with Gasteiger partial charge in [-0.15, -0.1) is 0 Å². The molecule has 1 saturated heterocycles. The first-order chi connectivity index (χ1) is 14.3. The first kappa shape index (κ1) is 22.3. The second kappa shape index (κ2) is 10.1. The zero-order valence-corrected chi connectivity index (χ0v) is 18.6. The van der Waals surface area contributed by atoms with Crippen molar-refractivity contribution in [3.8, 4) is 0 Å². The van der Waals surface area contributed by atoms with E-state index in [4.69, 9.17) is 0 Å². The third-order valence-corrected chi connectivity index (χ3v) is 6.92. The molecule has 0 bridgehead atoms. The van der Waals surface area contributed by atoms with Crippen molar-refractivity contribution in [2.45, 2.75) is 44.4 Å². The van der Waals surface area contributed by atoms with Gasteiger partial charge in [0.1, 0.15) is 0 Å². The molecule has 2 N–H and O–H groups in total. The molecule has 3 rings (SSSR count). The highest BCUT2D eigenvalue weighted by molar-refractivity contribution is 7.92. The molecule has 30 heavy (non-hydrogen) atoms. The molecule has 0 aromatic heterocycles. The standard InChI is InChI=1S/C23H31N3O3S/c1-18-8-6-9-21(16-18)25-30(28,29)22-17-20(11-10-19(22)2)23(27)24-12-7-15-26-13-4-3-5-14-26/h6,8-11,16-17,25H,3-5,7,12-15H2,1-2H3,(H,24,27). The molecule has 0 saturated carbocycles. The highest BCUT2D eigenvalue weighted by Crippen LogP contribution is 2.21. The van der Waals surface area contributed by atoms with Gasteiger partial charge in [-0.2, -0.15) is 0 Å². The molecule has 1 aliphatic heterocycles. The molecule has 162 valence electrons.